The highest BCUT2D eigenvalue weighted by Crippen LogP contribution is 2.37. The van der Waals surface area contributed by atoms with E-state index < -0.39 is 5.54 Å². The van der Waals surface area contributed by atoms with Crippen molar-refractivity contribution in [2.75, 3.05) is 6.54 Å². The van der Waals surface area contributed by atoms with Crippen LogP contribution in [0, 0.1) is 0 Å². The van der Waals surface area contributed by atoms with Crippen LogP contribution in [0.25, 0.3) is 0 Å². The first-order chi connectivity index (χ1) is 16.3. The smallest absolute Gasteiger partial charge is 0.189 e. The second-order valence-electron chi connectivity index (χ2n) is 8.98. The summed E-state index contributed by atoms with van der Waals surface area (Å²) in [6.45, 7) is 0.847. The molecule has 0 saturated heterocycles. The summed E-state index contributed by atoms with van der Waals surface area (Å²) in [7, 11) is 0. The van der Waals surface area contributed by atoms with Crippen molar-refractivity contribution in [3.8, 4) is 0 Å². The number of thioether (sulfide) groups is 1. The molecule has 1 aliphatic carbocycles. The predicted molar refractivity (Wildman–Crippen MR) is 141 cm³/mol. The van der Waals surface area contributed by atoms with Gasteiger partial charge in [-0.15, -0.1) is 0 Å². The molecule has 33 heavy (non-hydrogen) atoms. The van der Waals surface area contributed by atoms with Gasteiger partial charge in [0.1, 0.15) is 0 Å². The summed E-state index contributed by atoms with van der Waals surface area (Å²) in [5, 5.41) is 4.86. The lowest BCUT2D eigenvalue weighted by Gasteiger charge is -2.37. The van der Waals surface area contributed by atoms with Crippen molar-refractivity contribution in [3.05, 3.63) is 108 Å². The van der Waals surface area contributed by atoms with E-state index in [4.69, 9.17) is 0 Å². The highest BCUT2D eigenvalue weighted by Gasteiger charge is 2.35. The molecule has 0 bridgehead atoms. The maximum atomic E-state index is 12.5. The summed E-state index contributed by atoms with van der Waals surface area (Å²) < 4.78 is 0. The number of rotatable bonds is 10. The number of carbonyl (C=O) groups excluding carboxylic acids is 1. The van der Waals surface area contributed by atoms with Gasteiger partial charge in [-0.05, 0) is 48.9 Å². The fraction of sp³-hybridized carbons (Fsp3) is 0.367. The Morgan fingerprint density at radius 1 is 0.727 bits per heavy atom. The lowest BCUT2D eigenvalue weighted by molar-refractivity contribution is -0.111. The number of benzene rings is 3. The Kier molecular flexibility index (Phi) is 8.79. The van der Waals surface area contributed by atoms with Crippen molar-refractivity contribution in [1.29, 1.82) is 0 Å². The number of carbonyl (C=O) groups is 1. The monoisotopic (exact) mass is 457 g/mol. The van der Waals surface area contributed by atoms with Crippen molar-refractivity contribution < 1.29 is 4.79 Å². The van der Waals surface area contributed by atoms with Gasteiger partial charge in [0, 0.05) is 11.7 Å². The van der Waals surface area contributed by atoms with Crippen LogP contribution in [0.15, 0.2) is 91.0 Å². The molecule has 3 heteroatoms. The van der Waals surface area contributed by atoms with Gasteiger partial charge in [-0.2, -0.15) is 0 Å². The van der Waals surface area contributed by atoms with Crippen LogP contribution in [0.4, 0.5) is 0 Å². The van der Waals surface area contributed by atoms with Gasteiger partial charge >= 0.3 is 0 Å². The molecule has 0 atom stereocenters. The summed E-state index contributed by atoms with van der Waals surface area (Å²) in [5.41, 5.74) is 3.26. The van der Waals surface area contributed by atoms with Gasteiger partial charge in [-0.25, -0.2) is 0 Å². The highest BCUT2D eigenvalue weighted by molar-refractivity contribution is 8.14. The fourth-order valence-electron chi connectivity index (χ4n) is 4.97. The molecule has 0 radical (unpaired) electrons. The largest absolute Gasteiger partial charge is 0.300 e. The lowest BCUT2D eigenvalue weighted by Crippen LogP contribution is -2.45. The van der Waals surface area contributed by atoms with Crippen LogP contribution in [-0.4, -0.2) is 16.9 Å². The molecule has 0 aliphatic heterocycles. The van der Waals surface area contributed by atoms with Crippen LogP contribution >= 0.6 is 11.8 Å². The lowest BCUT2D eigenvalue weighted by atomic mass is 9.77. The molecular weight excluding hydrogens is 422 g/mol. The SMILES string of the molecule is O=C(CCCCNC(c1ccccc1)(c1ccccc1)c1ccccc1)SC1CCCCC1. The Labute approximate surface area is 203 Å². The molecule has 0 aromatic heterocycles. The Morgan fingerprint density at radius 3 is 1.70 bits per heavy atom. The maximum absolute atomic E-state index is 12.5. The van der Waals surface area contributed by atoms with E-state index in [1.165, 1.54) is 48.8 Å². The van der Waals surface area contributed by atoms with Crippen molar-refractivity contribution in [2.45, 2.75) is 62.2 Å². The van der Waals surface area contributed by atoms with Gasteiger partial charge in [0.15, 0.2) is 5.12 Å². The van der Waals surface area contributed by atoms with Crippen LogP contribution in [-0.2, 0) is 10.3 Å². The Bertz CT molecular complexity index is 871. The summed E-state index contributed by atoms with van der Waals surface area (Å²) in [4.78, 5) is 12.5. The molecular formula is C30H35NOS. The summed E-state index contributed by atoms with van der Waals surface area (Å²) in [6, 6.07) is 32.1. The van der Waals surface area contributed by atoms with Gasteiger partial charge in [0.25, 0.3) is 0 Å². The summed E-state index contributed by atoms with van der Waals surface area (Å²) in [6.07, 6.45) is 8.92. The summed E-state index contributed by atoms with van der Waals surface area (Å²) in [5.74, 6) is 0. The molecule has 0 amide bonds. The molecule has 172 valence electrons. The normalized spacial score (nSPS) is 14.8. The number of unbranched alkanes of at least 4 members (excludes halogenated alkanes) is 1. The molecule has 1 fully saturated rings. The zero-order valence-corrected chi connectivity index (χ0v) is 20.2. The van der Waals surface area contributed by atoms with Gasteiger partial charge in [-0.3, -0.25) is 10.1 Å². The van der Waals surface area contributed by atoms with Crippen LogP contribution < -0.4 is 5.32 Å². The molecule has 3 aromatic carbocycles. The third-order valence-corrected chi connectivity index (χ3v) is 7.94. The molecule has 1 aliphatic rings. The molecule has 1 saturated carbocycles. The molecule has 0 heterocycles. The van der Waals surface area contributed by atoms with E-state index in [0.29, 0.717) is 16.8 Å². The number of hydrogen-bond acceptors (Lipinski definition) is 3. The van der Waals surface area contributed by atoms with Gasteiger partial charge in [0.05, 0.1) is 5.54 Å². The fourth-order valence-corrected chi connectivity index (χ4v) is 6.17. The van der Waals surface area contributed by atoms with E-state index in [0.717, 1.165) is 19.4 Å². The predicted octanol–water partition coefficient (Wildman–Crippen LogP) is 7.33. The zero-order valence-electron chi connectivity index (χ0n) is 19.4. The third-order valence-electron chi connectivity index (χ3n) is 6.67. The van der Waals surface area contributed by atoms with E-state index in [1.54, 1.807) is 11.8 Å². The maximum Gasteiger partial charge on any atom is 0.189 e. The molecule has 3 aromatic rings. The minimum Gasteiger partial charge on any atom is -0.300 e. The quantitative estimate of drug-likeness (QED) is 0.255. The molecule has 1 N–H and O–H groups in total. The Morgan fingerprint density at radius 2 is 1.21 bits per heavy atom. The van der Waals surface area contributed by atoms with E-state index in [2.05, 4.69) is 96.3 Å². The number of nitrogens with one attached hydrogen (secondary N) is 1. The topological polar surface area (TPSA) is 29.1 Å². The number of hydrogen-bond donors (Lipinski definition) is 1. The molecule has 4 rings (SSSR count). The first-order valence-corrected chi connectivity index (χ1v) is 13.3. The average Bonchev–Trinajstić information content (AvgIpc) is 2.88. The van der Waals surface area contributed by atoms with Crippen molar-refractivity contribution in [2.24, 2.45) is 0 Å². The van der Waals surface area contributed by atoms with E-state index in [9.17, 15) is 4.79 Å². The van der Waals surface area contributed by atoms with Crippen molar-refractivity contribution in [1.82, 2.24) is 5.32 Å². The summed E-state index contributed by atoms with van der Waals surface area (Å²) >= 11 is 1.62. The first kappa shape index (κ1) is 23.8. The van der Waals surface area contributed by atoms with E-state index in [1.807, 2.05) is 0 Å². The van der Waals surface area contributed by atoms with E-state index in [-0.39, 0.29) is 0 Å². The highest BCUT2D eigenvalue weighted by atomic mass is 32.2. The third kappa shape index (κ3) is 6.16. The Hall–Kier alpha value is -2.36. The Balaban J connectivity index is 1.46. The van der Waals surface area contributed by atoms with E-state index >= 15 is 0 Å². The minimum atomic E-state index is -0.426. The van der Waals surface area contributed by atoms with Crippen molar-refractivity contribution >= 4 is 16.9 Å². The minimum absolute atomic E-state index is 0.377. The average molecular weight is 458 g/mol. The van der Waals surface area contributed by atoms with Gasteiger partial charge < -0.3 is 0 Å². The van der Waals surface area contributed by atoms with Crippen LogP contribution in [0.3, 0.4) is 0 Å². The first-order valence-electron chi connectivity index (χ1n) is 12.4. The second-order valence-corrected chi connectivity index (χ2v) is 10.3. The standard InChI is InChI=1S/C30H35NOS/c32-29(33-28-21-11-4-12-22-28)23-13-14-24-31-30(25-15-5-1-6-16-25,26-17-7-2-8-18-26)27-19-9-3-10-20-27/h1-3,5-10,15-20,28,31H,4,11-14,21-24H2. The second kappa shape index (κ2) is 12.2. The zero-order chi connectivity index (χ0) is 22.8. The van der Waals surface area contributed by atoms with Crippen LogP contribution in [0.2, 0.25) is 0 Å². The molecule has 0 unspecified atom stereocenters. The molecule has 0 spiro atoms. The van der Waals surface area contributed by atoms with Crippen LogP contribution in [0.5, 0.6) is 0 Å². The van der Waals surface area contributed by atoms with Crippen molar-refractivity contribution in [3.63, 3.8) is 0 Å². The van der Waals surface area contributed by atoms with Gasteiger partial charge in [0.2, 0.25) is 0 Å². The van der Waals surface area contributed by atoms with Crippen LogP contribution in [0.1, 0.15) is 68.1 Å². The molecule has 2 nitrogen and oxygen atoms in total. The van der Waals surface area contributed by atoms with Gasteiger partial charge in [-0.1, -0.05) is 122 Å².